The first kappa shape index (κ1) is 11.7. The average Bonchev–Trinajstić information content (AvgIpc) is 1.93. The smallest absolute Gasteiger partial charge is 0.149 e. The maximum Gasteiger partial charge on any atom is 0.149 e. The first-order valence-electron chi connectivity index (χ1n) is 3.32. The van der Waals surface area contributed by atoms with Gasteiger partial charge in [0.2, 0.25) is 0 Å². The van der Waals surface area contributed by atoms with E-state index in [1.807, 2.05) is 13.8 Å². The third-order valence-electron chi connectivity index (χ3n) is 0.880. The van der Waals surface area contributed by atoms with E-state index >= 15 is 0 Å². The molecule has 0 aromatic heterocycles. The molecule has 0 aromatic carbocycles. The summed E-state index contributed by atoms with van der Waals surface area (Å²) in [6.45, 7) is 7.30. The van der Waals surface area contributed by atoms with E-state index < -0.39 is 9.84 Å². The van der Waals surface area contributed by atoms with Crippen LogP contribution in [0.2, 0.25) is 0 Å². The Balaban J connectivity index is 0. The fourth-order valence-corrected chi connectivity index (χ4v) is 0.612. The van der Waals surface area contributed by atoms with Crippen molar-refractivity contribution in [1.29, 1.82) is 0 Å². The number of hydrogen-bond acceptors (Lipinski definition) is 2. The van der Waals surface area contributed by atoms with Gasteiger partial charge in [0.05, 0.1) is 0 Å². The molecule has 2 nitrogen and oxygen atoms in total. The van der Waals surface area contributed by atoms with Gasteiger partial charge in [0.1, 0.15) is 9.84 Å². The average molecular weight is 152 g/mol. The third-order valence-corrected chi connectivity index (χ3v) is 2.64. The zero-order chi connectivity index (χ0) is 7.91. The van der Waals surface area contributed by atoms with Gasteiger partial charge in [-0.1, -0.05) is 27.7 Å². The summed E-state index contributed by atoms with van der Waals surface area (Å²) in [6, 6.07) is 0. The molecule has 0 aliphatic carbocycles. The fraction of sp³-hybridized carbons (Fsp3) is 1.00. The molecule has 0 fully saturated rings. The molecule has 0 aliphatic rings. The lowest BCUT2D eigenvalue weighted by Gasteiger charge is -1.89. The normalized spacial score (nSPS) is 9.78. The standard InChI is InChI=1S/C4H10O2S.C2H6/c1-3-7(5,6)4-2;1-2/h3-4H2,1-2H3;1-2H3. The Morgan fingerprint density at radius 2 is 1.22 bits per heavy atom. The molecule has 0 aliphatic heterocycles. The van der Waals surface area contributed by atoms with E-state index in [0.29, 0.717) is 0 Å². The van der Waals surface area contributed by atoms with Crippen molar-refractivity contribution in [3.8, 4) is 0 Å². The highest BCUT2D eigenvalue weighted by Crippen LogP contribution is 1.84. The zero-order valence-electron chi connectivity index (χ0n) is 6.64. The van der Waals surface area contributed by atoms with Gasteiger partial charge in [-0.3, -0.25) is 0 Å². The van der Waals surface area contributed by atoms with Crippen LogP contribution >= 0.6 is 0 Å². The van der Waals surface area contributed by atoms with Crippen molar-refractivity contribution in [3.63, 3.8) is 0 Å². The van der Waals surface area contributed by atoms with E-state index in [0.717, 1.165) is 0 Å². The predicted octanol–water partition coefficient (Wildman–Crippen LogP) is 1.47. The summed E-state index contributed by atoms with van der Waals surface area (Å²) in [5.74, 6) is 0.535. The van der Waals surface area contributed by atoms with Gasteiger partial charge in [0, 0.05) is 11.5 Å². The first-order chi connectivity index (χ1) is 4.12. The first-order valence-corrected chi connectivity index (χ1v) is 5.15. The van der Waals surface area contributed by atoms with Crippen molar-refractivity contribution < 1.29 is 8.42 Å². The van der Waals surface area contributed by atoms with Crippen molar-refractivity contribution in [2.45, 2.75) is 27.7 Å². The van der Waals surface area contributed by atoms with Gasteiger partial charge in [0.25, 0.3) is 0 Å². The van der Waals surface area contributed by atoms with Crippen LogP contribution in [0.4, 0.5) is 0 Å². The molecule has 0 heterocycles. The van der Waals surface area contributed by atoms with Crippen LogP contribution in [0.15, 0.2) is 0 Å². The van der Waals surface area contributed by atoms with Gasteiger partial charge in [-0.2, -0.15) is 0 Å². The number of rotatable bonds is 2. The molecule has 0 spiro atoms. The molecule has 9 heavy (non-hydrogen) atoms. The van der Waals surface area contributed by atoms with E-state index in [1.54, 1.807) is 13.8 Å². The van der Waals surface area contributed by atoms with Crippen LogP contribution in [0.5, 0.6) is 0 Å². The Morgan fingerprint density at radius 3 is 1.22 bits per heavy atom. The zero-order valence-corrected chi connectivity index (χ0v) is 7.46. The second-order valence-corrected chi connectivity index (χ2v) is 3.96. The van der Waals surface area contributed by atoms with Crippen LogP contribution in [0.1, 0.15) is 27.7 Å². The minimum atomic E-state index is -2.66. The summed E-state index contributed by atoms with van der Waals surface area (Å²) < 4.78 is 20.7. The highest BCUT2D eigenvalue weighted by atomic mass is 32.2. The summed E-state index contributed by atoms with van der Waals surface area (Å²) in [6.07, 6.45) is 0. The van der Waals surface area contributed by atoms with Crippen molar-refractivity contribution >= 4 is 9.84 Å². The summed E-state index contributed by atoms with van der Waals surface area (Å²) in [5, 5.41) is 0. The molecule has 0 N–H and O–H groups in total. The Labute approximate surface area is 58.2 Å². The topological polar surface area (TPSA) is 34.1 Å². The molecule has 0 saturated heterocycles. The summed E-state index contributed by atoms with van der Waals surface area (Å²) in [5.41, 5.74) is 0. The number of sulfone groups is 1. The molecular weight excluding hydrogens is 136 g/mol. The third kappa shape index (κ3) is 7.95. The molecule has 0 rings (SSSR count). The van der Waals surface area contributed by atoms with Crippen molar-refractivity contribution in [3.05, 3.63) is 0 Å². The maximum atomic E-state index is 10.4. The molecule has 0 radical (unpaired) electrons. The Morgan fingerprint density at radius 1 is 1.00 bits per heavy atom. The van der Waals surface area contributed by atoms with Crippen molar-refractivity contribution in [2.75, 3.05) is 11.5 Å². The lowest BCUT2D eigenvalue weighted by atomic mass is 11.0. The molecule has 0 unspecified atom stereocenters. The van der Waals surface area contributed by atoms with Gasteiger partial charge in [0.15, 0.2) is 0 Å². The summed E-state index contributed by atoms with van der Waals surface area (Å²) in [7, 11) is -2.66. The predicted molar refractivity (Wildman–Crippen MR) is 41.3 cm³/mol. The molecule has 0 saturated carbocycles. The second kappa shape index (κ2) is 6.08. The summed E-state index contributed by atoms with van der Waals surface area (Å²) in [4.78, 5) is 0. The molecule has 0 bridgehead atoms. The van der Waals surface area contributed by atoms with Crippen LogP contribution in [-0.4, -0.2) is 19.9 Å². The minimum absolute atomic E-state index is 0.267. The van der Waals surface area contributed by atoms with Crippen LogP contribution in [-0.2, 0) is 9.84 Å². The van der Waals surface area contributed by atoms with Gasteiger partial charge >= 0.3 is 0 Å². The second-order valence-electron chi connectivity index (χ2n) is 1.32. The van der Waals surface area contributed by atoms with E-state index in [-0.39, 0.29) is 11.5 Å². The van der Waals surface area contributed by atoms with Crippen molar-refractivity contribution in [2.24, 2.45) is 0 Å². The van der Waals surface area contributed by atoms with Crippen LogP contribution in [0.25, 0.3) is 0 Å². The van der Waals surface area contributed by atoms with Gasteiger partial charge < -0.3 is 0 Å². The molecule has 58 valence electrons. The summed E-state index contributed by atoms with van der Waals surface area (Å²) >= 11 is 0. The van der Waals surface area contributed by atoms with Gasteiger partial charge in [-0.05, 0) is 0 Å². The molecule has 0 aromatic rings. The van der Waals surface area contributed by atoms with Crippen LogP contribution in [0, 0.1) is 0 Å². The molecule has 0 amide bonds. The van der Waals surface area contributed by atoms with Crippen LogP contribution < -0.4 is 0 Å². The Bertz CT molecular complexity index is 114. The van der Waals surface area contributed by atoms with E-state index in [2.05, 4.69) is 0 Å². The molecule has 0 atom stereocenters. The van der Waals surface area contributed by atoms with E-state index in [9.17, 15) is 8.42 Å². The maximum absolute atomic E-state index is 10.4. The monoisotopic (exact) mass is 152 g/mol. The fourth-order valence-electron chi connectivity index (χ4n) is 0.204. The quantitative estimate of drug-likeness (QED) is 0.600. The Kier molecular flexibility index (Phi) is 7.91. The van der Waals surface area contributed by atoms with E-state index in [1.165, 1.54) is 0 Å². The number of hydrogen-bond donors (Lipinski definition) is 0. The Hall–Kier alpha value is -0.0500. The largest absolute Gasteiger partial charge is 0.229 e. The highest BCUT2D eigenvalue weighted by Gasteiger charge is 1.99. The molecule has 3 heteroatoms. The van der Waals surface area contributed by atoms with E-state index in [4.69, 9.17) is 0 Å². The van der Waals surface area contributed by atoms with Gasteiger partial charge in [-0.25, -0.2) is 8.42 Å². The van der Waals surface area contributed by atoms with Gasteiger partial charge in [-0.15, -0.1) is 0 Å². The lowest BCUT2D eigenvalue weighted by molar-refractivity contribution is 0.598. The van der Waals surface area contributed by atoms with Crippen molar-refractivity contribution in [1.82, 2.24) is 0 Å². The minimum Gasteiger partial charge on any atom is -0.229 e. The lowest BCUT2D eigenvalue weighted by Crippen LogP contribution is -2.04. The highest BCUT2D eigenvalue weighted by molar-refractivity contribution is 7.91. The molecular formula is C6H16O2S. The SMILES string of the molecule is CC.CCS(=O)(=O)CC. The van der Waals surface area contributed by atoms with Crippen LogP contribution in [0.3, 0.4) is 0 Å².